The predicted molar refractivity (Wildman–Crippen MR) is 141 cm³/mol. The molecule has 0 bridgehead atoms. The first-order valence-corrected chi connectivity index (χ1v) is 12.8. The van der Waals surface area contributed by atoms with E-state index in [-0.39, 0.29) is 17.8 Å². The van der Waals surface area contributed by atoms with E-state index >= 15 is 0 Å². The van der Waals surface area contributed by atoms with Crippen LogP contribution in [0.25, 0.3) is 10.2 Å². The largest absolute Gasteiger partial charge is 0.487 e. The van der Waals surface area contributed by atoms with Gasteiger partial charge in [-0.05, 0) is 56.5 Å². The number of fused-ring (bicyclic) bond motifs is 1. The normalized spacial score (nSPS) is 15.6. The Balaban J connectivity index is 1.40. The Hall–Kier alpha value is -3.56. The number of anilines is 2. The van der Waals surface area contributed by atoms with Crippen LogP contribution in [0.5, 0.6) is 5.75 Å². The van der Waals surface area contributed by atoms with Crippen LogP contribution in [0, 0.1) is 19.7 Å². The van der Waals surface area contributed by atoms with E-state index < -0.39 is 0 Å². The molecule has 1 fully saturated rings. The summed E-state index contributed by atoms with van der Waals surface area (Å²) in [7, 11) is 0. The van der Waals surface area contributed by atoms with Gasteiger partial charge in [0, 0.05) is 19.2 Å². The molecule has 1 saturated heterocycles. The fraction of sp³-hybridized carbons (Fsp3) is 0.296. The summed E-state index contributed by atoms with van der Waals surface area (Å²) >= 11 is 1.33. The Morgan fingerprint density at radius 1 is 1.22 bits per heavy atom. The van der Waals surface area contributed by atoms with Gasteiger partial charge in [0.05, 0.1) is 16.0 Å². The molecule has 1 aliphatic rings. The van der Waals surface area contributed by atoms with Crippen LogP contribution >= 0.6 is 11.3 Å². The second kappa shape index (κ2) is 10.6. The number of aromatic nitrogens is 2. The van der Waals surface area contributed by atoms with Crippen LogP contribution in [-0.2, 0) is 6.54 Å². The van der Waals surface area contributed by atoms with Gasteiger partial charge in [-0.25, -0.2) is 14.4 Å². The number of hydrogen-bond acceptors (Lipinski definition) is 7. The summed E-state index contributed by atoms with van der Waals surface area (Å²) in [5.74, 6) is 0.453. The first-order chi connectivity index (χ1) is 17.5. The molecule has 1 aliphatic heterocycles. The average Bonchev–Trinajstić information content (AvgIpc) is 3.22. The topological polar surface area (TPSA) is 88.2 Å². The zero-order valence-corrected chi connectivity index (χ0v) is 21.0. The van der Waals surface area contributed by atoms with Crippen molar-refractivity contribution in [2.24, 2.45) is 0 Å². The van der Waals surface area contributed by atoms with Crippen LogP contribution in [0.3, 0.4) is 0 Å². The van der Waals surface area contributed by atoms with Crippen LogP contribution in [0.2, 0.25) is 0 Å². The molecule has 0 aliphatic carbocycles. The van der Waals surface area contributed by atoms with Crippen LogP contribution in [-0.4, -0.2) is 35.1 Å². The Bertz CT molecular complexity index is 1400. The summed E-state index contributed by atoms with van der Waals surface area (Å²) in [4.78, 5) is 23.2. The second-order valence-electron chi connectivity index (χ2n) is 8.98. The van der Waals surface area contributed by atoms with Crippen molar-refractivity contribution in [3.05, 3.63) is 76.2 Å². The van der Waals surface area contributed by atoms with Crippen molar-refractivity contribution in [3.8, 4) is 5.75 Å². The fourth-order valence-electron chi connectivity index (χ4n) is 4.39. The van der Waals surface area contributed by atoms with E-state index in [2.05, 4.69) is 32.0 Å². The zero-order valence-electron chi connectivity index (χ0n) is 20.2. The van der Waals surface area contributed by atoms with E-state index in [4.69, 9.17) is 4.74 Å². The van der Waals surface area contributed by atoms with Crippen molar-refractivity contribution in [1.82, 2.24) is 20.6 Å². The molecular formula is C27H28FN5O2S. The summed E-state index contributed by atoms with van der Waals surface area (Å²) in [5, 5.41) is 10.4. The van der Waals surface area contributed by atoms with Crippen LogP contribution in [0.1, 0.15) is 39.2 Å². The lowest BCUT2D eigenvalue weighted by Crippen LogP contribution is -2.37. The van der Waals surface area contributed by atoms with Gasteiger partial charge in [-0.3, -0.25) is 4.79 Å². The predicted octanol–water partition coefficient (Wildman–Crippen LogP) is 5.25. The number of amides is 1. The van der Waals surface area contributed by atoms with Crippen molar-refractivity contribution >= 4 is 39.0 Å². The molecule has 0 spiro atoms. The summed E-state index contributed by atoms with van der Waals surface area (Å²) < 4.78 is 20.2. The van der Waals surface area contributed by atoms with Crippen molar-refractivity contribution in [2.45, 2.75) is 39.3 Å². The molecule has 0 saturated carbocycles. The number of benzene rings is 2. The maximum absolute atomic E-state index is 14.1. The fourth-order valence-corrected chi connectivity index (χ4v) is 5.46. The lowest BCUT2D eigenvalue weighted by atomic mass is 10.1. The minimum absolute atomic E-state index is 0.0295. The standard InChI is InChI=1S/C27H28FN5O2S/c1-16-5-3-6-18(11-16)13-30-26(34)24-17(2)23-25(31-15-32-27(23)36-24)33-21-9-8-19(28)12-22(21)35-20-7-4-10-29-14-20/h3,5-6,8-9,11-12,15,20,29H,4,7,10,13-14H2,1-2H3,(H,30,34)(H,31,32,33). The van der Waals surface area contributed by atoms with Crippen molar-refractivity contribution in [2.75, 3.05) is 18.4 Å². The van der Waals surface area contributed by atoms with E-state index in [0.717, 1.165) is 48.0 Å². The first kappa shape index (κ1) is 24.1. The number of aryl methyl sites for hydroxylation is 2. The molecule has 186 valence electrons. The van der Waals surface area contributed by atoms with E-state index in [1.165, 1.54) is 29.8 Å². The number of carbonyl (C=O) groups is 1. The number of rotatable bonds is 7. The molecule has 9 heteroatoms. The van der Waals surface area contributed by atoms with E-state index in [0.29, 0.717) is 33.5 Å². The minimum Gasteiger partial charge on any atom is -0.487 e. The van der Waals surface area contributed by atoms with Crippen LogP contribution in [0.4, 0.5) is 15.9 Å². The third kappa shape index (κ3) is 5.32. The summed E-state index contributed by atoms with van der Waals surface area (Å²) in [6, 6.07) is 12.5. The van der Waals surface area contributed by atoms with Gasteiger partial charge in [-0.1, -0.05) is 29.8 Å². The van der Waals surface area contributed by atoms with Crippen LogP contribution in [0.15, 0.2) is 48.8 Å². The third-order valence-corrected chi connectivity index (χ3v) is 7.41. The van der Waals surface area contributed by atoms with Gasteiger partial charge >= 0.3 is 0 Å². The number of piperidine rings is 1. The molecule has 3 heterocycles. The van der Waals surface area contributed by atoms with Gasteiger partial charge in [-0.2, -0.15) is 0 Å². The third-order valence-electron chi connectivity index (χ3n) is 6.21. The highest BCUT2D eigenvalue weighted by Gasteiger charge is 2.21. The lowest BCUT2D eigenvalue weighted by Gasteiger charge is -2.25. The zero-order chi connectivity index (χ0) is 25.1. The molecule has 2 aromatic heterocycles. The van der Waals surface area contributed by atoms with Crippen molar-refractivity contribution in [1.29, 1.82) is 0 Å². The first-order valence-electron chi connectivity index (χ1n) is 12.0. The summed E-state index contributed by atoms with van der Waals surface area (Å²) in [6.07, 6.45) is 3.35. The SMILES string of the molecule is Cc1cccc(CNC(=O)c2sc3ncnc(Nc4ccc(F)cc4OC4CCCNC4)c3c2C)c1. The monoisotopic (exact) mass is 505 g/mol. The van der Waals surface area contributed by atoms with Gasteiger partial charge in [0.2, 0.25) is 0 Å². The number of hydrogen-bond donors (Lipinski definition) is 3. The Morgan fingerprint density at radius 3 is 2.92 bits per heavy atom. The van der Waals surface area contributed by atoms with Gasteiger partial charge < -0.3 is 20.7 Å². The molecule has 0 radical (unpaired) electrons. The quantitative estimate of drug-likeness (QED) is 0.318. The molecule has 36 heavy (non-hydrogen) atoms. The Kier molecular flexibility index (Phi) is 7.11. The van der Waals surface area contributed by atoms with Crippen LogP contribution < -0.4 is 20.7 Å². The van der Waals surface area contributed by atoms with E-state index in [1.807, 2.05) is 32.0 Å². The molecule has 5 rings (SSSR count). The van der Waals surface area contributed by atoms with Gasteiger partial charge in [0.15, 0.2) is 0 Å². The molecule has 4 aromatic rings. The molecule has 1 atom stereocenters. The smallest absolute Gasteiger partial charge is 0.261 e. The maximum Gasteiger partial charge on any atom is 0.261 e. The number of carbonyl (C=O) groups excluding carboxylic acids is 1. The number of halogens is 1. The van der Waals surface area contributed by atoms with E-state index in [9.17, 15) is 9.18 Å². The molecular weight excluding hydrogens is 477 g/mol. The lowest BCUT2D eigenvalue weighted by molar-refractivity contribution is 0.0954. The highest BCUT2D eigenvalue weighted by atomic mass is 32.1. The average molecular weight is 506 g/mol. The molecule has 2 aromatic carbocycles. The molecule has 7 nitrogen and oxygen atoms in total. The highest BCUT2D eigenvalue weighted by molar-refractivity contribution is 7.20. The summed E-state index contributed by atoms with van der Waals surface area (Å²) in [6.45, 7) is 6.05. The number of nitrogens with one attached hydrogen (secondary N) is 3. The highest BCUT2D eigenvalue weighted by Crippen LogP contribution is 2.37. The van der Waals surface area contributed by atoms with Crippen molar-refractivity contribution < 1.29 is 13.9 Å². The minimum atomic E-state index is -0.369. The number of ether oxygens (including phenoxy) is 1. The van der Waals surface area contributed by atoms with Gasteiger partial charge in [0.25, 0.3) is 5.91 Å². The Labute approximate surface area is 213 Å². The van der Waals surface area contributed by atoms with Gasteiger partial charge in [0.1, 0.15) is 34.6 Å². The van der Waals surface area contributed by atoms with Gasteiger partial charge in [-0.15, -0.1) is 11.3 Å². The maximum atomic E-state index is 14.1. The number of nitrogens with zero attached hydrogens (tertiary/aromatic N) is 2. The molecule has 3 N–H and O–H groups in total. The second-order valence-corrected chi connectivity index (χ2v) is 9.98. The summed E-state index contributed by atoms with van der Waals surface area (Å²) in [5.41, 5.74) is 3.59. The molecule has 1 amide bonds. The van der Waals surface area contributed by atoms with E-state index in [1.54, 1.807) is 6.07 Å². The Morgan fingerprint density at radius 2 is 2.11 bits per heavy atom. The molecule has 1 unspecified atom stereocenters. The number of thiophene rings is 1. The van der Waals surface area contributed by atoms with Crippen molar-refractivity contribution in [3.63, 3.8) is 0 Å².